The lowest BCUT2D eigenvalue weighted by Crippen LogP contribution is -2.54. The number of hydrogen-bond donors (Lipinski definition) is 1. The highest BCUT2D eigenvalue weighted by atomic mass is 16.3. The van der Waals surface area contributed by atoms with Crippen LogP contribution >= 0.6 is 0 Å². The lowest BCUT2D eigenvalue weighted by molar-refractivity contribution is 0.0630. The van der Waals surface area contributed by atoms with Gasteiger partial charge in [-0.05, 0) is 38.5 Å². The highest BCUT2D eigenvalue weighted by Gasteiger charge is 2.45. The van der Waals surface area contributed by atoms with Crippen LogP contribution in [0.1, 0.15) is 58.1 Å². The number of likely N-dealkylation sites (N-methyl/N-ethyl adjacent to an activating group) is 2. The Morgan fingerprint density at radius 3 is 2.42 bits per heavy atom. The predicted octanol–water partition coefficient (Wildman–Crippen LogP) is 3.58. The van der Waals surface area contributed by atoms with Crippen molar-refractivity contribution in [2.75, 3.05) is 19.6 Å². The maximum absolute atomic E-state index is 5.33. The van der Waals surface area contributed by atoms with Crippen molar-refractivity contribution in [2.45, 2.75) is 58.0 Å². The van der Waals surface area contributed by atoms with Crippen molar-refractivity contribution in [3.8, 4) is 0 Å². The van der Waals surface area contributed by atoms with E-state index >= 15 is 0 Å². The molecular weight excluding hydrogens is 236 g/mol. The Bertz CT molecular complexity index is 351. The van der Waals surface area contributed by atoms with Crippen molar-refractivity contribution in [3.63, 3.8) is 0 Å². The molecule has 3 nitrogen and oxygen atoms in total. The van der Waals surface area contributed by atoms with Crippen LogP contribution in [0.15, 0.2) is 23.0 Å². The third-order valence-electron chi connectivity index (χ3n) is 4.68. The van der Waals surface area contributed by atoms with E-state index < -0.39 is 0 Å². The molecule has 1 aromatic heterocycles. The summed E-state index contributed by atoms with van der Waals surface area (Å²) in [5, 5.41) is 3.72. The molecule has 1 heterocycles. The third kappa shape index (κ3) is 2.72. The van der Waals surface area contributed by atoms with Gasteiger partial charge in [0.15, 0.2) is 0 Å². The summed E-state index contributed by atoms with van der Waals surface area (Å²) in [6.45, 7) is 9.99. The summed E-state index contributed by atoms with van der Waals surface area (Å²) in [6, 6.07) is 2.51. The van der Waals surface area contributed by atoms with Gasteiger partial charge in [-0.25, -0.2) is 0 Å². The van der Waals surface area contributed by atoms with Crippen molar-refractivity contribution >= 4 is 0 Å². The second-order valence-corrected chi connectivity index (χ2v) is 5.53. The number of nitrogens with zero attached hydrogens (tertiary/aromatic N) is 1. The minimum absolute atomic E-state index is 0.267. The molecule has 0 spiro atoms. The van der Waals surface area contributed by atoms with Crippen LogP contribution in [0.2, 0.25) is 0 Å². The van der Waals surface area contributed by atoms with Gasteiger partial charge in [-0.15, -0.1) is 0 Å². The zero-order chi connectivity index (χ0) is 13.7. The van der Waals surface area contributed by atoms with E-state index in [0.29, 0.717) is 6.04 Å². The van der Waals surface area contributed by atoms with Gasteiger partial charge in [-0.3, -0.25) is 4.90 Å². The van der Waals surface area contributed by atoms with E-state index in [1.165, 1.54) is 31.2 Å². The fraction of sp³-hybridized carbons (Fsp3) is 0.750. The SMILES string of the molecule is CCNC(c1ccoc1)C1(N(CC)CC)CCCC1. The molecule has 19 heavy (non-hydrogen) atoms. The van der Waals surface area contributed by atoms with E-state index in [2.05, 4.69) is 37.1 Å². The fourth-order valence-electron chi connectivity index (χ4n) is 3.89. The first kappa shape index (κ1) is 14.6. The maximum atomic E-state index is 5.33. The van der Waals surface area contributed by atoms with Gasteiger partial charge in [0.25, 0.3) is 0 Å². The zero-order valence-electron chi connectivity index (χ0n) is 12.6. The molecule has 1 aromatic rings. The van der Waals surface area contributed by atoms with Crippen molar-refractivity contribution in [3.05, 3.63) is 24.2 Å². The van der Waals surface area contributed by atoms with Gasteiger partial charge >= 0.3 is 0 Å². The highest BCUT2D eigenvalue weighted by Crippen LogP contribution is 2.44. The van der Waals surface area contributed by atoms with Crippen LogP contribution < -0.4 is 5.32 Å². The van der Waals surface area contributed by atoms with Crippen LogP contribution in [0.4, 0.5) is 0 Å². The Labute approximate surface area is 117 Å². The smallest absolute Gasteiger partial charge is 0.0951 e. The van der Waals surface area contributed by atoms with Crippen LogP contribution in [-0.4, -0.2) is 30.1 Å². The molecule has 1 unspecified atom stereocenters. The molecule has 3 heteroatoms. The minimum Gasteiger partial charge on any atom is -0.472 e. The first-order valence-corrected chi connectivity index (χ1v) is 7.79. The van der Waals surface area contributed by atoms with Crippen molar-refractivity contribution in [2.24, 2.45) is 0 Å². The first-order valence-electron chi connectivity index (χ1n) is 7.79. The van der Waals surface area contributed by atoms with Crippen molar-refractivity contribution in [1.82, 2.24) is 10.2 Å². The minimum atomic E-state index is 0.267. The molecule has 0 saturated heterocycles. The summed E-state index contributed by atoms with van der Waals surface area (Å²) in [4.78, 5) is 2.65. The van der Waals surface area contributed by atoms with E-state index in [1.54, 1.807) is 6.26 Å². The average Bonchev–Trinajstić information content (AvgIpc) is 3.09. The van der Waals surface area contributed by atoms with Crippen LogP contribution in [-0.2, 0) is 0 Å². The summed E-state index contributed by atoms with van der Waals surface area (Å²) in [6.07, 6.45) is 8.98. The van der Waals surface area contributed by atoms with Crippen LogP contribution in [0.5, 0.6) is 0 Å². The first-order chi connectivity index (χ1) is 9.28. The van der Waals surface area contributed by atoms with E-state index in [-0.39, 0.29) is 5.54 Å². The Balaban J connectivity index is 2.34. The molecule has 1 saturated carbocycles. The molecule has 1 fully saturated rings. The molecular formula is C16H28N2O. The van der Waals surface area contributed by atoms with Gasteiger partial charge in [0, 0.05) is 11.1 Å². The maximum Gasteiger partial charge on any atom is 0.0951 e. The highest BCUT2D eigenvalue weighted by molar-refractivity contribution is 5.20. The second-order valence-electron chi connectivity index (χ2n) is 5.53. The number of furan rings is 1. The van der Waals surface area contributed by atoms with E-state index in [4.69, 9.17) is 4.42 Å². The molecule has 0 aromatic carbocycles. The Morgan fingerprint density at radius 2 is 1.95 bits per heavy atom. The molecule has 0 radical (unpaired) electrons. The molecule has 0 bridgehead atoms. The lowest BCUT2D eigenvalue weighted by atomic mass is 9.82. The molecule has 0 aliphatic heterocycles. The summed E-state index contributed by atoms with van der Waals surface area (Å²) in [5.41, 5.74) is 1.57. The quantitative estimate of drug-likeness (QED) is 0.816. The normalized spacial score (nSPS) is 20.0. The summed E-state index contributed by atoms with van der Waals surface area (Å²) >= 11 is 0. The van der Waals surface area contributed by atoms with Gasteiger partial charge < -0.3 is 9.73 Å². The summed E-state index contributed by atoms with van der Waals surface area (Å²) in [5.74, 6) is 0. The zero-order valence-corrected chi connectivity index (χ0v) is 12.6. The monoisotopic (exact) mass is 264 g/mol. The topological polar surface area (TPSA) is 28.4 Å². The van der Waals surface area contributed by atoms with Gasteiger partial charge in [0.2, 0.25) is 0 Å². The molecule has 108 valence electrons. The van der Waals surface area contributed by atoms with Crippen LogP contribution in [0.25, 0.3) is 0 Å². The molecule has 1 aliphatic carbocycles. The van der Waals surface area contributed by atoms with Crippen molar-refractivity contribution in [1.29, 1.82) is 0 Å². The largest absolute Gasteiger partial charge is 0.472 e. The van der Waals surface area contributed by atoms with Crippen LogP contribution in [0.3, 0.4) is 0 Å². The predicted molar refractivity (Wildman–Crippen MR) is 79.2 cm³/mol. The molecule has 1 aliphatic rings. The second kappa shape index (κ2) is 6.58. The molecule has 2 rings (SSSR count). The molecule has 1 N–H and O–H groups in total. The molecule has 0 amide bonds. The number of hydrogen-bond acceptors (Lipinski definition) is 3. The van der Waals surface area contributed by atoms with E-state index in [9.17, 15) is 0 Å². The van der Waals surface area contributed by atoms with Gasteiger partial charge in [0.1, 0.15) is 0 Å². The Hall–Kier alpha value is -0.800. The van der Waals surface area contributed by atoms with Crippen LogP contribution in [0, 0.1) is 0 Å². The Kier molecular flexibility index (Phi) is 5.06. The van der Waals surface area contributed by atoms with Gasteiger partial charge in [-0.2, -0.15) is 0 Å². The lowest BCUT2D eigenvalue weighted by Gasteiger charge is -2.46. The summed E-state index contributed by atoms with van der Waals surface area (Å²) < 4.78 is 5.33. The van der Waals surface area contributed by atoms with Gasteiger partial charge in [-0.1, -0.05) is 33.6 Å². The third-order valence-corrected chi connectivity index (χ3v) is 4.68. The fourth-order valence-corrected chi connectivity index (χ4v) is 3.89. The average molecular weight is 264 g/mol. The van der Waals surface area contributed by atoms with E-state index in [1.807, 2.05) is 6.26 Å². The number of rotatable bonds is 7. The van der Waals surface area contributed by atoms with Crippen molar-refractivity contribution < 1.29 is 4.42 Å². The molecule has 1 atom stereocenters. The van der Waals surface area contributed by atoms with E-state index in [0.717, 1.165) is 19.6 Å². The number of nitrogens with one attached hydrogen (secondary N) is 1. The summed E-state index contributed by atoms with van der Waals surface area (Å²) in [7, 11) is 0. The van der Waals surface area contributed by atoms with Gasteiger partial charge in [0.05, 0.1) is 18.6 Å². The Morgan fingerprint density at radius 1 is 1.26 bits per heavy atom. The standard InChI is InChI=1S/C16H28N2O/c1-4-17-15(14-9-12-19-13-14)16(10-7-8-11-16)18(5-2)6-3/h9,12-13,15,17H,4-8,10-11H2,1-3H3.